The van der Waals surface area contributed by atoms with E-state index in [9.17, 15) is 13.9 Å². The van der Waals surface area contributed by atoms with Crippen LogP contribution in [-0.4, -0.2) is 42.9 Å². The lowest BCUT2D eigenvalue weighted by molar-refractivity contribution is 0.0988. The van der Waals surface area contributed by atoms with Crippen LogP contribution in [0, 0.1) is 17.6 Å². The van der Waals surface area contributed by atoms with Gasteiger partial charge >= 0.3 is 0 Å². The summed E-state index contributed by atoms with van der Waals surface area (Å²) in [7, 11) is 0. The van der Waals surface area contributed by atoms with Gasteiger partial charge in [-0.1, -0.05) is 6.07 Å². The Morgan fingerprint density at radius 1 is 1.45 bits per heavy atom. The van der Waals surface area contributed by atoms with Crippen molar-refractivity contribution in [2.75, 3.05) is 32.8 Å². The molecule has 1 N–H and O–H groups in total. The highest BCUT2D eigenvalue weighted by molar-refractivity contribution is 5.21. The molecule has 0 amide bonds. The number of halogens is 2. The van der Waals surface area contributed by atoms with E-state index in [-0.39, 0.29) is 5.56 Å². The Labute approximate surface area is 118 Å². The van der Waals surface area contributed by atoms with E-state index in [0.29, 0.717) is 19.1 Å². The second-order valence-corrected chi connectivity index (χ2v) is 5.26. The molecule has 20 heavy (non-hydrogen) atoms. The van der Waals surface area contributed by atoms with Gasteiger partial charge in [-0.3, -0.25) is 0 Å². The van der Waals surface area contributed by atoms with Gasteiger partial charge in [-0.15, -0.1) is 0 Å². The highest BCUT2D eigenvalue weighted by Gasteiger charge is 2.25. The van der Waals surface area contributed by atoms with Gasteiger partial charge < -0.3 is 14.7 Å². The lowest BCUT2D eigenvalue weighted by atomic mass is 10.1. The fourth-order valence-corrected chi connectivity index (χ4v) is 2.61. The van der Waals surface area contributed by atoms with Gasteiger partial charge in [-0.2, -0.15) is 0 Å². The third kappa shape index (κ3) is 3.98. The lowest BCUT2D eigenvalue weighted by Gasteiger charge is -2.20. The van der Waals surface area contributed by atoms with Crippen LogP contribution >= 0.6 is 0 Å². The minimum Gasteiger partial charge on any atom is -0.387 e. The molecule has 1 aromatic carbocycles. The van der Waals surface area contributed by atoms with E-state index >= 15 is 0 Å². The molecule has 0 aliphatic carbocycles. The number of likely N-dealkylation sites (tertiary alicyclic amines) is 1. The molecule has 1 fully saturated rings. The maximum atomic E-state index is 13.6. The molecule has 0 spiro atoms. The first-order chi connectivity index (χ1) is 9.60. The van der Waals surface area contributed by atoms with Crippen molar-refractivity contribution in [2.24, 2.45) is 5.92 Å². The van der Waals surface area contributed by atoms with Gasteiger partial charge in [-0.05, 0) is 31.9 Å². The molecule has 0 aromatic heterocycles. The molecular weight excluding hydrogens is 264 g/mol. The minimum absolute atomic E-state index is 0.152. The van der Waals surface area contributed by atoms with Gasteiger partial charge in [-0.25, -0.2) is 8.78 Å². The highest BCUT2D eigenvalue weighted by Crippen LogP contribution is 2.23. The number of rotatable bonds is 6. The number of aliphatic hydroxyl groups is 1. The Morgan fingerprint density at radius 3 is 2.95 bits per heavy atom. The van der Waals surface area contributed by atoms with E-state index < -0.39 is 17.7 Å². The van der Waals surface area contributed by atoms with Crippen molar-refractivity contribution in [3.8, 4) is 0 Å². The van der Waals surface area contributed by atoms with Gasteiger partial charge in [0, 0.05) is 31.3 Å². The van der Waals surface area contributed by atoms with E-state index in [2.05, 4.69) is 4.90 Å². The average Bonchev–Trinajstić information content (AvgIpc) is 2.83. The molecule has 0 saturated carbocycles. The fraction of sp³-hybridized carbons (Fsp3) is 0.600. The van der Waals surface area contributed by atoms with Crippen molar-refractivity contribution in [3.63, 3.8) is 0 Å². The Kier molecular flexibility index (Phi) is 5.46. The minimum atomic E-state index is -0.929. The zero-order valence-corrected chi connectivity index (χ0v) is 11.7. The summed E-state index contributed by atoms with van der Waals surface area (Å²) >= 11 is 0. The topological polar surface area (TPSA) is 32.7 Å². The second kappa shape index (κ2) is 7.11. The van der Waals surface area contributed by atoms with Crippen LogP contribution < -0.4 is 0 Å². The Hall–Kier alpha value is -1.04. The normalized spacial score (nSPS) is 21.3. The Morgan fingerprint density at radius 2 is 2.25 bits per heavy atom. The number of hydrogen-bond acceptors (Lipinski definition) is 3. The van der Waals surface area contributed by atoms with Crippen molar-refractivity contribution in [1.82, 2.24) is 4.90 Å². The maximum absolute atomic E-state index is 13.6. The summed E-state index contributed by atoms with van der Waals surface area (Å²) in [5, 5.41) is 10.1. The van der Waals surface area contributed by atoms with E-state index in [1.54, 1.807) is 0 Å². The molecule has 2 atom stereocenters. The predicted octanol–water partition coefficient (Wildman–Crippen LogP) is 2.36. The van der Waals surface area contributed by atoms with Crippen LogP contribution in [0.5, 0.6) is 0 Å². The summed E-state index contributed by atoms with van der Waals surface area (Å²) < 4.78 is 31.8. The van der Waals surface area contributed by atoms with Gasteiger partial charge in [0.05, 0.1) is 12.7 Å². The van der Waals surface area contributed by atoms with Crippen molar-refractivity contribution in [2.45, 2.75) is 19.4 Å². The SMILES string of the molecule is CCOCC1CCN(CC(O)c2ccc(F)cc2F)C1. The van der Waals surface area contributed by atoms with Gasteiger partial charge in [0.25, 0.3) is 0 Å². The fourth-order valence-electron chi connectivity index (χ4n) is 2.61. The molecule has 5 heteroatoms. The van der Waals surface area contributed by atoms with Crippen molar-refractivity contribution in [3.05, 3.63) is 35.4 Å². The monoisotopic (exact) mass is 285 g/mol. The zero-order valence-electron chi connectivity index (χ0n) is 11.7. The third-order valence-electron chi connectivity index (χ3n) is 3.68. The van der Waals surface area contributed by atoms with Crippen LogP contribution in [0.1, 0.15) is 25.0 Å². The lowest BCUT2D eigenvalue weighted by Crippen LogP contribution is -2.27. The summed E-state index contributed by atoms with van der Waals surface area (Å²) in [6.45, 7) is 5.49. The molecule has 1 aliphatic heterocycles. The molecule has 1 aromatic rings. The van der Waals surface area contributed by atoms with E-state index in [0.717, 1.165) is 32.2 Å². The van der Waals surface area contributed by atoms with Crippen LogP contribution in [0.25, 0.3) is 0 Å². The van der Waals surface area contributed by atoms with Crippen molar-refractivity contribution >= 4 is 0 Å². The summed E-state index contributed by atoms with van der Waals surface area (Å²) in [5.41, 5.74) is 0.152. The largest absolute Gasteiger partial charge is 0.387 e. The number of benzene rings is 1. The van der Waals surface area contributed by atoms with Crippen molar-refractivity contribution in [1.29, 1.82) is 0 Å². The smallest absolute Gasteiger partial charge is 0.131 e. The number of β-amino-alcohol motifs (C(OH)–C–C–N with tert-alkyl or cyclic N) is 1. The number of aliphatic hydroxyl groups excluding tert-OH is 1. The summed E-state index contributed by atoms with van der Waals surface area (Å²) in [6, 6.07) is 3.28. The highest BCUT2D eigenvalue weighted by atomic mass is 19.1. The zero-order chi connectivity index (χ0) is 14.5. The number of nitrogens with zero attached hydrogens (tertiary/aromatic N) is 1. The van der Waals surface area contributed by atoms with Gasteiger partial charge in [0.15, 0.2) is 0 Å². The molecule has 2 rings (SSSR count). The Balaban J connectivity index is 1.87. The van der Waals surface area contributed by atoms with Gasteiger partial charge in [0.1, 0.15) is 11.6 Å². The standard InChI is InChI=1S/C15H21F2NO2/c1-2-20-10-11-5-6-18(8-11)9-15(19)13-4-3-12(16)7-14(13)17/h3-4,7,11,15,19H,2,5-6,8-10H2,1H3. The molecule has 1 saturated heterocycles. The molecule has 1 heterocycles. The summed E-state index contributed by atoms with van der Waals surface area (Å²) in [5.74, 6) is -0.848. The molecular formula is C15H21F2NO2. The first-order valence-corrected chi connectivity index (χ1v) is 7.03. The maximum Gasteiger partial charge on any atom is 0.131 e. The van der Waals surface area contributed by atoms with Crippen LogP contribution in [-0.2, 0) is 4.74 Å². The molecule has 0 radical (unpaired) electrons. The molecule has 1 aliphatic rings. The second-order valence-electron chi connectivity index (χ2n) is 5.26. The van der Waals surface area contributed by atoms with E-state index in [1.165, 1.54) is 12.1 Å². The first-order valence-electron chi connectivity index (χ1n) is 7.03. The van der Waals surface area contributed by atoms with Crippen LogP contribution in [0.3, 0.4) is 0 Å². The third-order valence-corrected chi connectivity index (χ3v) is 3.68. The van der Waals surface area contributed by atoms with Crippen LogP contribution in [0.2, 0.25) is 0 Å². The number of ether oxygens (including phenoxy) is 1. The summed E-state index contributed by atoms with van der Waals surface area (Å²) in [6.07, 6.45) is 0.0972. The molecule has 0 bridgehead atoms. The average molecular weight is 285 g/mol. The number of hydrogen-bond donors (Lipinski definition) is 1. The van der Waals surface area contributed by atoms with Crippen LogP contribution in [0.15, 0.2) is 18.2 Å². The Bertz CT molecular complexity index is 442. The molecule has 2 unspecified atom stereocenters. The molecule has 3 nitrogen and oxygen atoms in total. The summed E-state index contributed by atoms with van der Waals surface area (Å²) in [4.78, 5) is 2.09. The molecule has 112 valence electrons. The predicted molar refractivity (Wildman–Crippen MR) is 72.4 cm³/mol. The van der Waals surface area contributed by atoms with E-state index in [4.69, 9.17) is 4.74 Å². The van der Waals surface area contributed by atoms with Crippen LogP contribution in [0.4, 0.5) is 8.78 Å². The van der Waals surface area contributed by atoms with E-state index in [1.807, 2.05) is 6.92 Å². The quantitative estimate of drug-likeness (QED) is 0.871. The van der Waals surface area contributed by atoms with Crippen molar-refractivity contribution < 1.29 is 18.6 Å². The first kappa shape index (κ1) is 15.4. The van der Waals surface area contributed by atoms with Gasteiger partial charge in [0.2, 0.25) is 0 Å².